The first-order valence-corrected chi connectivity index (χ1v) is 16.6. The fraction of sp³-hybridized carbons (Fsp3) is 0.429. The Bertz CT molecular complexity index is 1370. The highest BCUT2D eigenvalue weighted by molar-refractivity contribution is 7.70. The number of anilines is 5. The van der Waals surface area contributed by atoms with Crippen molar-refractivity contribution in [1.29, 1.82) is 0 Å². The third-order valence-corrected chi connectivity index (χ3v) is 9.80. The number of aliphatic hydroxyl groups is 1. The normalized spacial score (nSPS) is 17.2. The zero-order chi connectivity index (χ0) is 27.6. The number of hydrogen-bond acceptors (Lipinski definition) is 8. The van der Waals surface area contributed by atoms with Crippen LogP contribution in [0.1, 0.15) is 25.7 Å². The van der Waals surface area contributed by atoms with Crippen LogP contribution in [0.3, 0.4) is 0 Å². The third-order valence-electron chi connectivity index (χ3n) is 7.67. The van der Waals surface area contributed by atoms with Crippen molar-refractivity contribution >= 4 is 64.5 Å². The van der Waals surface area contributed by atoms with Gasteiger partial charge in [-0.1, -0.05) is 35.3 Å². The van der Waals surface area contributed by atoms with Crippen LogP contribution in [-0.2, 0) is 4.57 Å². The lowest BCUT2D eigenvalue weighted by Crippen LogP contribution is -2.59. The van der Waals surface area contributed by atoms with Gasteiger partial charge in [-0.2, -0.15) is 4.98 Å². The smallest absolute Gasteiger partial charge is 0.229 e. The number of aliphatic hydroxyl groups excluding tert-OH is 1. The molecule has 39 heavy (non-hydrogen) atoms. The van der Waals surface area contributed by atoms with Crippen LogP contribution in [0.5, 0.6) is 0 Å². The molecule has 3 aromatic rings. The Morgan fingerprint density at radius 2 is 1.82 bits per heavy atom. The molecular weight excluding hydrogens is 554 g/mol. The summed E-state index contributed by atoms with van der Waals surface area (Å²) in [5.74, 6) is 0.791. The molecule has 2 fully saturated rings. The molecule has 0 bridgehead atoms. The molecule has 0 radical (unpaired) electrons. The van der Waals surface area contributed by atoms with Crippen molar-refractivity contribution in [2.24, 2.45) is 5.41 Å². The Labute approximate surface area is 239 Å². The minimum atomic E-state index is -2.50. The predicted molar refractivity (Wildman–Crippen MR) is 163 cm³/mol. The van der Waals surface area contributed by atoms with Gasteiger partial charge < -0.3 is 30.5 Å². The van der Waals surface area contributed by atoms with E-state index in [0.717, 1.165) is 42.6 Å². The average molecular weight is 590 g/mol. The summed E-state index contributed by atoms with van der Waals surface area (Å²) in [6, 6.07) is 13.9. The number of nitrogens with zero attached hydrogens (tertiary/aromatic N) is 3. The summed E-state index contributed by atoms with van der Waals surface area (Å²) in [5, 5.41) is 20.7. The molecule has 4 N–H and O–H groups in total. The number of benzene rings is 2. The van der Waals surface area contributed by atoms with Crippen LogP contribution in [-0.4, -0.2) is 60.7 Å². The molecular formula is C28H35Cl2N6O2P. The van der Waals surface area contributed by atoms with Crippen LogP contribution in [0.15, 0.2) is 48.7 Å². The lowest BCUT2D eigenvalue weighted by molar-refractivity contribution is 0.118. The van der Waals surface area contributed by atoms with E-state index in [2.05, 4.69) is 30.8 Å². The van der Waals surface area contributed by atoms with E-state index in [1.807, 2.05) is 42.5 Å². The minimum Gasteiger partial charge on any atom is -0.395 e. The van der Waals surface area contributed by atoms with Crippen molar-refractivity contribution in [2.75, 3.05) is 55.1 Å². The Kier molecular flexibility index (Phi) is 8.41. The SMILES string of the molecule is CP(C)(=O)c1ccccc1Nc1nc(Nc2ccc(N3CC4(CCC(NCCO)CC4)C3)c(Cl)c2)ncc1Cl. The number of halogens is 2. The van der Waals surface area contributed by atoms with E-state index >= 15 is 0 Å². The van der Waals surface area contributed by atoms with Crippen LogP contribution in [0.4, 0.5) is 28.8 Å². The zero-order valence-electron chi connectivity index (χ0n) is 22.3. The summed E-state index contributed by atoms with van der Waals surface area (Å²) in [6.45, 7) is 6.37. The first-order valence-electron chi connectivity index (χ1n) is 13.3. The van der Waals surface area contributed by atoms with Crippen molar-refractivity contribution in [3.05, 3.63) is 58.7 Å². The molecule has 2 aliphatic rings. The van der Waals surface area contributed by atoms with Crippen LogP contribution in [0.2, 0.25) is 10.0 Å². The second kappa shape index (κ2) is 11.6. The van der Waals surface area contributed by atoms with E-state index in [4.69, 9.17) is 28.3 Å². The number of nitrogens with one attached hydrogen (secondary N) is 3. The van der Waals surface area contributed by atoms with E-state index in [-0.39, 0.29) is 6.61 Å². The highest BCUT2D eigenvalue weighted by Crippen LogP contribution is 2.47. The van der Waals surface area contributed by atoms with Gasteiger partial charge in [-0.25, -0.2) is 4.98 Å². The number of para-hydroxylation sites is 1. The van der Waals surface area contributed by atoms with Crippen molar-refractivity contribution < 1.29 is 9.67 Å². The lowest BCUT2D eigenvalue weighted by Gasteiger charge is -2.54. The molecule has 8 nitrogen and oxygen atoms in total. The Hall–Kier alpha value is -2.35. The summed E-state index contributed by atoms with van der Waals surface area (Å²) >= 11 is 13.1. The maximum atomic E-state index is 12.7. The monoisotopic (exact) mass is 588 g/mol. The molecule has 1 saturated carbocycles. The molecule has 1 spiro atoms. The molecule has 1 saturated heterocycles. The van der Waals surface area contributed by atoms with Gasteiger partial charge in [-0.15, -0.1) is 0 Å². The Morgan fingerprint density at radius 3 is 2.51 bits per heavy atom. The van der Waals surface area contributed by atoms with E-state index in [0.29, 0.717) is 45.5 Å². The minimum absolute atomic E-state index is 0.192. The summed E-state index contributed by atoms with van der Waals surface area (Å²) in [7, 11) is -2.50. The zero-order valence-corrected chi connectivity index (χ0v) is 24.7. The first-order chi connectivity index (χ1) is 18.7. The van der Waals surface area contributed by atoms with E-state index < -0.39 is 7.14 Å². The molecule has 208 valence electrons. The van der Waals surface area contributed by atoms with Gasteiger partial charge in [0.15, 0.2) is 5.82 Å². The van der Waals surface area contributed by atoms with Crippen LogP contribution in [0.25, 0.3) is 0 Å². The van der Waals surface area contributed by atoms with Gasteiger partial charge in [0.25, 0.3) is 0 Å². The van der Waals surface area contributed by atoms with E-state index in [1.54, 1.807) is 13.3 Å². The van der Waals surface area contributed by atoms with Crippen LogP contribution < -0.4 is 26.2 Å². The molecule has 0 unspecified atom stereocenters. The lowest BCUT2D eigenvalue weighted by atomic mass is 9.67. The standard InChI is InChI=1S/C28H35Cl2N6O2P/c1-39(2,38)25-6-4-3-5-23(25)34-26-22(30)16-32-27(35-26)33-20-7-8-24(21(29)15-20)36-17-28(18-36)11-9-19(10-12-28)31-13-14-37/h3-8,15-16,19,31,37H,9-14,17-18H2,1-2H3,(H2,32,33,34,35). The molecule has 1 aliphatic heterocycles. The van der Waals surface area contributed by atoms with Crippen molar-refractivity contribution in [1.82, 2.24) is 15.3 Å². The summed E-state index contributed by atoms with van der Waals surface area (Å²) in [6.07, 6.45) is 6.25. The number of rotatable bonds is 9. The quantitative estimate of drug-likeness (QED) is 0.231. The highest BCUT2D eigenvalue weighted by atomic mass is 35.5. The fourth-order valence-electron chi connectivity index (χ4n) is 5.61. The van der Waals surface area contributed by atoms with E-state index in [9.17, 15) is 4.57 Å². The molecule has 0 amide bonds. The van der Waals surface area contributed by atoms with Gasteiger partial charge in [0.1, 0.15) is 12.2 Å². The fourth-order valence-corrected chi connectivity index (χ4v) is 7.21. The Morgan fingerprint density at radius 1 is 1.08 bits per heavy atom. The summed E-state index contributed by atoms with van der Waals surface area (Å²) < 4.78 is 12.7. The average Bonchev–Trinajstić information content (AvgIpc) is 2.88. The van der Waals surface area contributed by atoms with Gasteiger partial charge in [0.05, 0.1) is 29.2 Å². The third kappa shape index (κ3) is 6.53. The largest absolute Gasteiger partial charge is 0.395 e. The molecule has 2 aromatic carbocycles. The molecule has 0 atom stereocenters. The van der Waals surface area contributed by atoms with Gasteiger partial charge in [0.2, 0.25) is 5.95 Å². The molecule has 5 rings (SSSR count). The first kappa shape index (κ1) is 28.2. The van der Waals surface area contributed by atoms with Crippen molar-refractivity contribution in [3.63, 3.8) is 0 Å². The van der Waals surface area contributed by atoms with Gasteiger partial charge in [0, 0.05) is 42.1 Å². The molecule has 1 aromatic heterocycles. The predicted octanol–water partition coefficient (Wildman–Crippen LogP) is 5.85. The number of aromatic nitrogens is 2. The topological polar surface area (TPSA) is 102 Å². The van der Waals surface area contributed by atoms with Gasteiger partial charge in [-0.3, -0.25) is 0 Å². The highest BCUT2D eigenvalue weighted by Gasteiger charge is 2.45. The second-order valence-corrected chi connectivity index (χ2v) is 15.0. The Balaban J connectivity index is 1.23. The summed E-state index contributed by atoms with van der Waals surface area (Å²) in [5.41, 5.74) is 2.88. The maximum Gasteiger partial charge on any atom is 0.229 e. The van der Waals surface area contributed by atoms with Gasteiger partial charge >= 0.3 is 0 Å². The van der Waals surface area contributed by atoms with Crippen molar-refractivity contribution in [3.8, 4) is 0 Å². The van der Waals surface area contributed by atoms with E-state index in [1.165, 1.54) is 19.0 Å². The molecule has 11 heteroatoms. The summed E-state index contributed by atoms with van der Waals surface area (Å²) in [4.78, 5) is 11.2. The number of hydrogen-bond donors (Lipinski definition) is 4. The second-order valence-electron chi connectivity index (χ2n) is 11.0. The molecule has 1 aliphatic carbocycles. The maximum absolute atomic E-state index is 12.7. The van der Waals surface area contributed by atoms with Crippen LogP contribution in [0, 0.1) is 5.41 Å². The van der Waals surface area contributed by atoms with Crippen LogP contribution >= 0.6 is 30.3 Å². The molecule has 2 heterocycles. The van der Waals surface area contributed by atoms with Crippen molar-refractivity contribution in [2.45, 2.75) is 31.7 Å². The van der Waals surface area contributed by atoms with Gasteiger partial charge in [-0.05, 0) is 69.3 Å².